The van der Waals surface area contributed by atoms with Crippen LogP contribution in [0, 0.1) is 0 Å². The molecule has 0 bridgehead atoms. The van der Waals surface area contributed by atoms with E-state index in [0.29, 0.717) is 18.3 Å². The Labute approximate surface area is 103 Å². The maximum Gasteiger partial charge on any atom is 0.121 e. The second-order valence-corrected chi connectivity index (χ2v) is 4.04. The molecule has 0 radical (unpaired) electrons. The molecule has 0 aromatic heterocycles. The maximum atomic E-state index is 5.95. The zero-order valence-electron chi connectivity index (χ0n) is 10.8. The molecule has 1 unspecified atom stereocenters. The third-order valence-corrected chi connectivity index (χ3v) is 2.62. The molecule has 3 N–H and O–H groups in total. The first-order chi connectivity index (χ1) is 8.21. The number of benzene rings is 1. The van der Waals surface area contributed by atoms with Crippen LogP contribution < -0.4 is 15.8 Å². The topological polar surface area (TPSA) is 56.5 Å². The van der Waals surface area contributed by atoms with Crippen molar-refractivity contribution in [3.8, 4) is 5.75 Å². The molecular formula is C13H22N2O2. The van der Waals surface area contributed by atoms with Crippen LogP contribution in [-0.2, 0) is 4.74 Å². The van der Waals surface area contributed by atoms with Gasteiger partial charge in [-0.2, -0.15) is 0 Å². The van der Waals surface area contributed by atoms with E-state index in [-0.39, 0.29) is 0 Å². The van der Waals surface area contributed by atoms with E-state index >= 15 is 0 Å². The molecule has 4 heteroatoms. The third-order valence-electron chi connectivity index (χ3n) is 2.62. The van der Waals surface area contributed by atoms with Crippen molar-refractivity contribution in [2.24, 2.45) is 0 Å². The summed E-state index contributed by atoms with van der Waals surface area (Å²) in [6.07, 6.45) is 2.16. The summed E-state index contributed by atoms with van der Waals surface area (Å²) in [7, 11) is 3.34. The molecule has 17 heavy (non-hydrogen) atoms. The minimum atomic E-state index is 0.292. The Balaban J connectivity index is 2.71. The Morgan fingerprint density at radius 2 is 2.12 bits per heavy atom. The fourth-order valence-electron chi connectivity index (χ4n) is 1.77. The van der Waals surface area contributed by atoms with Crippen molar-refractivity contribution in [2.45, 2.75) is 25.8 Å². The van der Waals surface area contributed by atoms with Crippen LogP contribution in [0.5, 0.6) is 5.75 Å². The number of rotatable bonds is 7. The van der Waals surface area contributed by atoms with Gasteiger partial charge >= 0.3 is 0 Å². The predicted octanol–water partition coefficient (Wildman–Crippen LogP) is 2.50. The van der Waals surface area contributed by atoms with Gasteiger partial charge in [0, 0.05) is 19.2 Å². The molecule has 4 nitrogen and oxygen atoms in total. The number of ether oxygens (including phenoxy) is 2. The van der Waals surface area contributed by atoms with E-state index in [4.69, 9.17) is 15.2 Å². The molecule has 0 aliphatic carbocycles. The Kier molecular flexibility index (Phi) is 5.63. The lowest BCUT2D eigenvalue weighted by Gasteiger charge is -2.20. The first-order valence-electron chi connectivity index (χ1n) is 5.90. The summed E-state index contributed by atoms with van der Waals surface area (Å²) in [6.45, 7) is 2.83. The Morgan fingerprint density at radius 1 is 1.35 bits per heavy atom. The molecule has 0 saturated heterocycles. The van der Waals surface area contributed by atoms with Gasteiger partial charge in [-0.3, -0.25) is 0 Å². The van der Waals surface area contributed by atoms with Crippen LogP contribution in [0.2, 0.25) is 0 Å². The third kappa shape index (κ3) is 4.15. The zero-order valence-corrected chi connectivity index (χ0v) is 10.8. The summed E-state index contributed by atoms with van der Waals surface area (Å²) >= 11 is 0. The predicted molar refractivity (Wildman–Crippen MR) is 71.6 cm³/mol. The average Bonchev–Trinajstić information content (AvgIpc) is 2.32. The Bertz CT molecular complexity index is 336. The molecule has 96 valence electrons. The molecular weight excluding hydrogens is 216 g/mol. The van der Waals surface area contributed by atoms with Crippen molar-refractivity contribution in [1.82, 2.24) is 0 Å². The van der Waals surface area contributed by atoms with E-state index in [1.54, 1.807) is 14.2 Å². The van der Waals surface area contributed by atoms with Gasteiger partial charge in [0.1, 0.15) is 5.75 Å². The number of methoxy groups -OCH3 is 2. The Morgan fingerprint density at radius 3 is 2.65 bits per heavy atom. The minimum Gasteiger partial charge on any atom is -0.497 e. The first-order valence-corrected chi connectivity index (χ1v) is 5.90. The SMILES string of the molecule is CCCC(COC)Nc1ccc(OC)cc1N. The second-order valence-electron chi connectivity index (χ2n) is 4.04. The standard InChI is InChI=1S/C13H22N2O2/c1-4-5-10(9-16-2)15-13-7-6-11(17-3)8-12(13)14/h6-8,10,15H,4-5,9,14H2,1-3H3. The van der Waals surface area contributed by atoms with Crippen molar-refractivity contribution in [3.63, 3.8) is 0 Å². The lowest BCUT2D eigenvalue weighted by Crippen LogP contribution is -2.25. The van der Waals surface area contributed by atoms with Crippen LogP contribution in [0.15, 0.2) is 18.2 Å². The van der Waals surface area contributed by atoms with Gasteiger partial charge in [0.05, 0.1) is 25.1 Å². The van der Waals surface area contributed by atoms with Gasteiger partial charge in [-0.25, -0.2) is 0 Å². The van der Waals surface area contributed by atoms with Crippen molar-refractivity contribution in [3.05, 3.63) is 18.2 Å². The smallest absolute Gasteiger partial charge is 0.121 e. The molecule has 0 heterocycles. The van der Waals surface area contributed by atoms with E-state index in [9.17, 15) is 0 Å². The van der Waals surface area contributed by atoms with Crippen molar-refractivity contribution >= 4 is 11.4 Å². The number of hydrogen-bond acceptors (Lipinski definition) is 4. The zero-order chi connectivity index (χ0) is 12.7. The first kappa shape index (κ1) is 13.6. The van der Waals surface area contributed by atoms with Crippen molar-refractivity contribution < 1.29 is 9.47 Å². The molecule has 0 aliphatic heterocycles. The van der Waals surface area contributed by atoms with E-state index in [1.807, 2.05) is 18.2 Å². The molecule has 1 rings (SSSR count). The lowest BCUT2D eigenvalue weighted by atomic mass is 10.1. The van der Waals surface area contributed by atoms with Gasteiger partial charge in [0.2, 0.25) is 0 Å². The highest BCUT2D eigenvalue weighted by atomic mass is 16.5. The monoisotopic (exact) mass is 238 g/mol. The highest BCUT2D eigenvalue weighted by Crippen LogP contribution is 2.25. The van der Waals surface area contributed by atoms with Crippen LogP contribution in [0.1, 0.15) is 19.8 Å². The average molecular weight is 238 g/mol. The molecule has 0 amide bonds. The number of hydrogen-bond donors (Lipinski definition) is 2. The number of anilines is 2. The molecule has 1 aromatic rings. The summed E-state index contributed by atoms with van der Waals surface area (Å²) < 4.78 is 10.3. The van der Waals surface area contributed by atoms with Crippen LogP contribution in [-0.4, -0.2) is 26.9 Å². The summed E-state index contributed by atoms with van der Waals surface area (Å²) in [5.41, 5.74) is 7.58. The maximum absolute atomic E-state index is 5.95. The van der Waals surface area contributed by atoms with Gasteiger partial charge in [0.15, 0.2) is 0 Å². The molecule has 0 spiro atoms. The van der Waals surface area contributed by atoms with Crippen LogP contribution in [0.3, 0.4) is 0 Å². The number of nitrogens with two attached hydrogens (primary N) is 1. The van der Waals surface area contributed by atoms with Crippen molar-refractivity contribution in [2.75, 3.05) is 31.9 Å². The van der Waals surface area contributed by atoms with E-state index < -0.39 is 0 Å². The summed E-state index contributed by atoms with van der Waals surface area (Å²) in [4.78, 5) is 0. The fraction of sp³-hybridized carbons (Fsp3) is 0.538. The summed E-state index contributed by atoms with van der Waals surface area (Å²) in [5, 5.41) is 3.39. The van der Waals surface area contributed by atoms with Crippen LogP contribution in [0.25, 0.3) is 0 Å². The molecule has 0 saturated carbocycles. The molecule has 1 aromatic carbocycles. The quantitative estimate of drug-likeness (QED) is 0.717. The largest absolute Gasteiger partial charge is 0.497 e. The van der Waals surface area contributed by atoms with Gasteiger partial charge in [0.25, 0.3) is 0 Å². The number of nitrogen functional groups attached to an aromatic ring is 1. The highest BCUT2D eigenvalue weighted by molar-refractivity contribution is 5.68. The van der Waals surface area contributed by atoms with Crippen LogP contribution >= 0.6 is 0 Å². The van der Waals surface area contributed by atoms with E-state index in [0.717, 1.165) is 24.3 Å². The number of nitrogens with one attached hydrogen (secondary N) is 1. The lowest BCUT2D eigenvalue weighted by molar-refractivity contribution is 0.182. The minimum absolute atomic E-state index is 0.292. The summed E-state index contributed by atoms with van der Waals surface area (Å²) in [6, 6.07) is 5.94. The Hall–Kier alpha value is -1.42. The second kappa shape index (κ2) is 7.01. The van der Waals surface area contributed by atoms with Gasteiger partial charge in [-0.1, -0.05) is 13.3 Å². The van der Waals surface area contributed by atoms with Gasteiger partial charge in [-0.05, 0) is 18.6 Å². The van der Waals surface area contributed by atoms with Crippen LogP contribution in [0.4, 0.5) is 11.4 Å². The van der Waals surface area contributed by atoms with Crippen molar-refractivity contribution in [1.29, 1.82) is 0 Å². The van der Waals surface area contributed by atoms with E-state index in [2.05, 4.69) is 12.2 Å². The molecule has 0 fully saturated rings. The van der Waals surface area contributed by atoms with Gasteiger partial charge < -0.3 is 20.5 Å². The normalized spacial score (nSPS) is 12.2. The fourth-order valence-corrected chi connectivity index (χ4v) is 1.77. The highest BCUT2D eigenvalue weighted by Gasteiger charge is 2.09. The molecule has 1 atom stereocenters. The van der Waals surface area contributed by atoms with E-state index in [1.165, 1.54) is 0 Å². The summed E-state index contributed by atoms with van der Waals surface area (Å²) in [5.74, 6) is 0.770. The molecule has 0 aliphatic rings. The van der Waals surface area contributed by atoms with Gasteiger partial charge in [-0.15, -0.1) is 0 Å².